The van der Waals surface area contributed by atoms with E-state index >= 15 is 0 Å². The summed E-state index contributed by atoms with van der Waals surface area (Å²) in [5.41, 5.74) is 7.04. The molecule has 0 bridgehead atoms. The van der Waals surface area contributed by atoms with Crippen LogP contribution in [-0.2, 0) is 16.1 Å². The van der Waals surface area contributed by atoms with Crippen molar-refractivity contribution in [2.45, 2.75) is 51.4 Å². The number of amidine groups is 1. The van der Waals surface area contributed by atoms with Gasteiger partial charge < -0.3 is 10.6 Å². The lowest BCUT2D eigenvalue weighted by atomic mass is 9.86. The van der Waals surface area contributed by atoms with E-state index in [4.69, 9.17) is 10.6 Å². The zero-order chi connectivity index (χ0) is 17.5. The largest absolute Gasteiger partial charge is 0.384 e. The Bertz CT molecular complexity index is 743. The Hall–Kier alpha value is -2.36. The summed E-state index contributed by atoms with van der Waals surface area (Å²) in [6.07, 6.45) is 8.17. The van der Waals surface area contributed by atoms with Crippen LogP contribution >= 0.6 is 0 Å². The predicted molar refractivity (Wildman–Crippen MR) is 101 cm³/mol. The van der Waals surface area contributed by atoms with Crippen molar-refractivity contribution in [3.8, 4) is 0 Å². The first kappa shape index (κ1) is 17.5. The van der Waals surface area contributed by atoms with Gasteiger partial charge in [-0.3, -0.25) is 0 Å². The summed E-state index contributed by atoms with van der Waals surface area (Å²) in [5.74, 6) is 0.701. The smallest absolute Gasteiger partial charge is 0.335 e. The van der Waals surface area contributed by atoms with Gasteiger partial charge in [0.2, 0.25) is 0 Å². The highest BCUT2D eigenvalue weighted by Gasteiger charge is 2.15. The first-order valence-corrected chi connectivity index (χ1v) is 9.21. The second-order valence-corrected chi connectivity index (χ2v) is 6.90. The Kier molecular flexibility index (Phi) is 6.04. The van der Waals surface area contributed by atoms with E-state index in [2.05, 4.69) is 23.4 Å². The number of rotatable bonds is 6. The summed E-state index contributed by atoms with van der Waals surface area (Å²) in [6, 6.07) is 14.2. The Labute approximate surface area is 149 Å². The molecule has 1 aliphatic carbocycles. The Morgan fingerprint density at radius 3 is 2.68 bits per heavy atom. The quantitative estimate of drug-likeness (QED) is 0.363. The van der Waals surface area contributed by atoms with Crippen molar-refractivity contribution < 1.29 is 9.63 Å². The molecule has 0 radical (unpaired) electrons. The fourth-order valence-corrected chi connectivity index (χ4v) is 3.63. The van der Waals surface area contributed by atoms with E-state index in [-0.39, 0.29) is 5.97 Å². The van der Waals surface area contributed by atoms with E-state index in [0.717, 1.165) is 22.8 Å². The van der Waals surface area contributed by atoms with Crippen molar-refractivity contribution in [1.82, 2.24) is 0 Å². The summed E-state index contributed by atoms with van der Waals surface area (Å²) in [7, 11) is 0. The van der Waals surface area contributed by atoms with Gasteiger partial charge in [-0.25, -0.2) is 4.79 Å². The second kappa shape index (κ2) is 8.65. The molecule has 0 unspecified atom stereocenters. The van der Waals surface area contributed by atoms with Crippen LogP contribution in [0.25, 0.3) is 10.8 Å². The molecule has 0 spiro atoms. The molecule has 2 N–H and O–H groups in total. The van der Waals surface area contributed by atoms with Crippen molar-refractivity contribution in [1.29, 1.82) is 0 Å². The third-order valence-corrected chi connectivity index (χ3v) is 5.00. The number of carbonyl (C=O) groups is 1. The van der Waals surface area contributed by atoms with Crippen LogP contribution in [0.4, 0.5) is 0 Å². The van der Waals surface area contributed by atoms with Crippen LogP contribution in [0.3, 0.4) is 0 Å². The lowest BCUT2D eigenvalue weighted by Gasteiger charge is -2.20. The van der Waals surface area contributed by atoms with E-state index in [1.54, 1.807) is 0 Å². The first-order chi connectivity index (χ1) is 12.2. The number of nitrogens with zero attached hydrogens (tertiary/aromatic N) is 1. The average molecular weight is 338 g/mol. The maximum atomic E-state index is 11.9. The minimum absolute atomic E-state index is 0.286. The van der Waals surface area contributed by atoms with Gasteiger partial charge >= 0.3 is 5.97 Å². The van der Waals surface area contributed by atoms with Crippen molar-refractivity contribution in [3.05, 3.63) is 48.0 Å². The van der Waals surface area contributed by atoms with E-state index in [0.29, 0.717) is 24.6 Å². The van der Waals surface area contributed by atoms with E-state index in [1.807, 2.05) is 24.3 Å². The summed E-state index contributed by atoms with van der Waals surface area (Å²) < 4.78 is 0. The monoisotopic (exact) mass is 338 g/mol. The highest BCUT2D eigenvalue weighted by molar-refractivity contribution is 5.91. The lowest BCUT2D eigenvalue weighted by molar-refractivity contribution is -0.144. The maximum Gasteiger partial charge on any atom is 0.335 e. The maximum absolute atomic E-state index is 11.9. The van der Waals surface area contributed by atoms with Crippen LogP contribution in [0.1, 0.15) is 50.5 Å². The van der Waals surface area contributed by atoms with Crippen molar-refractivity contribution >= 4 is 22.6 Å². The van der Waals surface area contributed by atoms with Crippen molar-refractivity contribution in [3.63, 3.8) is 0 Å². The first-order valence-electron chi connectivity index (χ1n) is 9.21. The molecule has 2 aromatic carbocycles. The molecule has 1 aliphatic rings. The lowest BCUT2D eigenvalue weighted by Crippen LogP contribution is -2.17. The highest BCUT2D eigenvalue weighted by Crippen LogP contribution is 2.27. The number of hydrogen-bond donors (Lipinski definition) is 1. The molecule has 2 aromatic rings. The van der Waals surface area contributed by atoms with Gasteiger partial charge in [-0.15, -0.1) is 0 Å². The molecule has 3 rings (SSSR count). The summed E-state index contributed by atoms with van der Waals surface area (Å²) in [5, 5.41) is 6.14. The zero-order valence-corrected chi connectivity index (χ0v) is 14.6. The molecule has 0 atom stereocenters. The molecule has 4 heteroatoms. The molecule has 0 aromatic heterocycles. The van der Waals surface area contributed by atoms with Gasteiger partial charge in [-0.05, 0) is 28.7 Å². The van der Waals surface area contributed by atoms with Crippen LogP contribution in [0.2, 0.25) is 0 Å². The average Bonchev–Trinajstić information content (AvgIpc) is 2.66. The van der Waals surface area contributed by atoms with E-state index < -0.39 is 0 Å². The fourth-order valence-electron chi connectivity index (χ4n) is 3.63. The Morgan fingerprint density at radius 2 is 1.84 bits per heavy atom. The molecule has 0 saturated heterocycles. The number of carbonyl (C=O) groups excluding carboxylic acids is 1. The Balaban J connectivity index is 1.51. The zero-order valence-electron chi connectivity index (χ0n) is 14.6. The molecule has 0 amide bonds. The summed E-state index contributed by atoms with van der Waals surface area (Å²) >= 11 is 0. The van der Waals surface area contributed by atoms with Gasteiger partial charge in [-0.2, -0.15) is 0 Å². The van der Waals surface area contributed by atoms with Crippen molar-refractivity contribution in [2.75, 3.05) is 0 Å². The molecule has 4 nitrogen and oxygen atoms in total. The number of fused-ring (bicyclic) bond motifs is 1. The van der Waals surface area contributed by atoms with Gasteiger partial charge in [0.05, 0.1) is 0 Å². The van der Waals surface area contributed by atoms with Crippen LogP contribution in [-0.4, -0.2) is 11.8 Å². The molecule has 132 valence electrons. The number of nitrogens with two attached hydrogens (primary N) is 1. The van der Waals surface area contributed by atoms with Crippen molar-refractivity contribution in [2.24, 2.45) is 16.8 Å². The standard InChI is InChI=1S/C21H26N2O2/c22-20(15-18-11-6-10-17-9-4-5-12-19(17)18)23-25-21(24)14-13-16-7-2-1-3-8-16/h4-6,9-12,16H,1-3,7-8,13-15H2,(H2,22,23). The molecule has 25 heavy (non-hydrogen) atoms. The van der Waals surface area contributed by atoms with Crippen LogP contribution in [0.15, 0.2) is 47.6 Å². The minimum Gasteiger partial charge on any atom is -0.384 e. The topological polar surface area (TPSA) is 64.7 Å². The highest BCUT2D eigenvalue weighted by atomic mass is 16.7. The summed E-state index contributed by atoms with van der Waals surface area (Å²) in [4.78, 5) is 16.9. The second-order valence-electron chi connectivity index (χ2n) is 6.90. The number of hydrogen-bond acceptors (Lipinski definition) is 3. The number of oxime groups is 1. The van der Waals surface area contributed by atoms with Gasteiger partial charge in [0, 0.05) is 12.8 Å². The molecule has 0 heterocycles. The molecule has 1 saturated carbocycles. The third-order valence-electron chi connectivity index (χ3n) is 5.00. The molecule has 0 aliphatic heterocycles. The van der Waals surface area contributed by atoms with Gasteiger partial charge in [0.15, 0.2) is 0 Å². The fraction of sp³-hybridized carbons (Fsp3) is 0.429. The van der Waals surface area contributed by atoms with Crippen LogP contribution in [0, 0.1) is 5.92 Å². The molecular weight excluding hydrogens is 312 g/mol. The van der Waals surface area contributed by atoms with Crippen LogP contribution in [0.5, 0.6) is 0 Å². The Morgan fingerprint density at radius 1 is 1.08 bits per heavy atom. The predicted octanol–water partition coefficient (Wildman–Crippen LogP) is 4.56. The van der Waals surface area contributed by atoms with E-state index in [1.165, 1.54) is 32.1 Å². The van der Waals surface area contributed by atoms with Gasteiger partial charge in [0.25, 0.3) is 0 Å². The molecular formula is C21H26N2O2. The minimum atomic E-state index is -0.286. The SMILES string of the molecule is NC(Cc1cccc2ccccc12)=NOC(=O)CCC1CCCCC1. The normalized spacial score (nSPS) is 16.1. The third kappa shape index (κ3) is 5.05. The van der Waals surface area contributed by atoms with Crippen LogP contribution < -0.4 is 5.73 Å². The number of benzene rings is 2. The van der Waals surface area contributed by atoms with Gasteiger partial charge in [-0.1, -0.05) is 79.7 Å². The van der Waals surface area contributed by atoms with E-state index in [9.17, 15) is 4.79 Å². The summed E-state index contributed by atoms with van der Waals surface area (Å²) in [6.45, 7) is 0. The molecule has 1 fully saturated rings. The van der Waals surface area contributed by atoms with Gasteiger partial charge in [0.1, 0.15) is 5.84 Å².